The molecule has 1 heterocycles. The number of carbonyl (C=O) groups excluding carboxylic acids is 1. The molecule has 0 radical (unpaired) electrons. The first kappa shape index (κ1) is 20.8. The molecule has 7 heteroatoms. The number of carbonyl (C=O) groups is 1. The van der Waals surface area contributed by atoms with Crippen LogP contribution >= 0.6 is 11.8 Å². The SMILES string of the molecule is CC(C)N1CCC(N(C)C(=O)/C=C/c2ccc(SC(F)(F)F)cc2)CC1. The lowest BCUT2D eigenvalue weighted by molar-refractivity contribution is -0.127. The number of likely N-dealkylation sites (tertiary alicyclic amines) is 1. The summed E-state index contributed by atoms with van der Waals surface area (Å²) in [4.78, 5) is 16.7. The molecule has 0 aromatic heterocycles. The monoisotopic (exact) mass is 386 g/mol. The highest BCUT2D eigenvalue weighted by Gasteiger charge is 2.29. The number of hydrogen-bond donors (Lipinski definition) is 0. The molecule has 1 fully saturated rings. The van der Waals surface area contributed by atoms with Crippen LogP contribution < -0.4 is 0 Å². The van der Waals surface area contributed by atoms with Gasteiger partial charge < -0.3 is 9.80 Å². The zero-order valence-corrected chi connectivity index (χ0v) is 16.1. The smallest absolute Gasteiger partial charge is 0.339 e. The first-order valence-electron chi connectivity index (χ1n) is 8.70. The Morgan fingerprint density at radius 3 is 2.31 bits per heavy atom. The van der Waals surface area contributed by atoms with Gasteiger partial charge in [0, 0.05) is 43.2 Å². The highest BCUT2D eigenvalue weighted by atomic mass is 32.2. The number of hydrogen-bond acceptors (Lipinski definition) is 3. The third-order valence-electron chi connectivity index (χ3n) is 4.66. The van der Waals surface area contributed by atoms with Crippen molar-refractivity contribution < 1.29 is 18.0 Å². The van der Waals surface area contributed by atoms with E-state index in [1.165, 1.54) is 18.2 Å². The Labute approximate surface area is 157 Å². The molecular weight excluding hydrogens is 361 g/mol. The van der Waals surface area contributed by atoms with Crippen molar-refractivity contribution in [1.82, 2.24) is 9.80 Å². The molecule has 0 N–H and O–H groups in total. The van der Waals surface area contributed by atoms with E-state index in [2.05, 4.69) is 18.7 Å². The van der Waals surface area contributed by atoms with E-state index in [0.717, 1.165) is 25.9 Å². The third-order valence-corrected chi connectivity index (χ3v) is 5.40. The fraction of sp³-hybridized carbons (Fsp3) is 0.526. The predicted molar refractivity (Wildman–Crippen MR) is 99.9 cm³/mol. The fourth-order valence-corrected chi connectivity index (χ4v) is 3.57. The van der Waals surface area contributed by atoms with Crippen molar-refractivity contribution in [3.8, 4) is 0 Å². The second-order valence-electron chi connectivity index (χ2n) is 6.76. The van der Waals surface area contributed by atoms with Gasteiger partial charge in [-0.2, -0.15) is 13.2 Å². The maximum Gasteiger partial charge on any atom is 0.446 e. The molecule has 1 aliphatic heterocycles. The molecule has 0 atom stereocenters. The molecule has 0 bridgehead atoms. The second-order valence-corrected chi connectivity index (χ2v) is 7.90. The lowest BCUT2D eigenvalue weighted by Gasteiger charge is -2.38. The molecule has 0 saturated carbocycles. The summed E-state index contributed by atoms with van der Waals surface area (Å²) in [7, 11) is 1.81. The molecule has 1 aromatic rings. The standard InChI is InChI=1S/C19H25F3N2OS/c1-14(2)24-12-10-16(11-13-24)23(3)18(25)9-6-15-4-7-17(8-5-15)26-19(20,21)22/h4-9,14,16H,10-13H2,1-3H3/b9-6+. The van der Waals surface area contributed by atoms with Crippen molar-refractivity contribution in [3.05, 3.63) is 35.9 Å². The quantitative estimate of drug-likeness (QED) is 0.544. The molecule has 1 saturated heterocycles. The Hall–Kier alpha value is -1.47. The van der Waals surface area contributed by atoms with Gasteiger partial charge in [0.05, 0.1) is 0 Å². The number of likely N-dealkylation sites (N-methyl/N-ethyl adjacent to an activating group) is 1. The molecule has 1 amide bonds. The minimum absolute atomic E-state index is 0.0817. The van der Waals surface area contributed by atoms with Gasteiger partial charge in [-0.1, -0.05) is 12.1 Å². The number of nitrogens with zero attached hydrogens (tertiary/aromatic N) is 2. The lowest BCUT2D eigenvalue weighted by Crippen LogP contribution is -2.47. The molecule has 0 spiro atoms. The van der Waals surface area contributed by atoms with Crippen molar-refractivity contribution in [3.63, 3.8) is 0 Å². The van der Waals surface area contributed by atoms with Crippen LogP contribution in [-0.4, -0.2) is 53.4 Å². The van der Waals surface area contributed by atoms with Crippen LogP contribution in [0.2, 0.25) is 0 Å². The molecule has 0 unspecified atom stereocenters. The predicted octanol–water partition coefficient (Wildman–Crippen LogP) is 4.64. The molecular formula is C19H25F3N2OS. The normalized spacial score (nSPS) is 17.2. The van der Waals surface area contributed by atoms with Crippen LogP contribution in [0.4, 0.5) is 13.2 Å². The molecule has 2 rings (SSSR count). The number of benzene rings is 1. The van der Waals surface area contributed by atoms with E-state index in [0.29, 0.717) is 11.6 Å². The van der Waals surface area contributed by atoms with Gasteiger partial charge in [-0.05, 0) is 62.2 Å². The van der Waals surface area contributed by atoms with Gasteiger partial charge in [0.2, 0.25) is 5.91 Å². The maximum absolute atomic E-state index is 12.4. The molecule has 3 nitrogen and oxygen atoms in total. The van der Waals surface area contributed by atoms with Gasteiger partial charge >= 0.3 is 5.51 Å². The number of amides is 1. The van der Waals surface area contributed by atoms with Gasteiger partial charge in [0.1, 0.15) is 0 Å². The fourth-order valence-electron chi connectivity index (χ4n) is 3.04. The summed E-state index contributed by atoms with van der Waals surface area (Å²) in [5, 5.41) is 0. The summed E-state index contributed by atoms with van der Waals surface area (Å²) in [6, 6.07) is 6.74. The highest BCUT2D eigenvalue weighted by Crippen LogP contribution is 2.36. The van der Waals surface area contributed by atoms with E-state index in [1.54, 1.807) is 23.1 Å². The van der Waals surface area contributed by atoms with Crippen LogP contribution in [0.15, 0.2) is 35.2 Å². The van der Waals surface area contributed by atoms with Crippen molar-refractivity contribution in [2.75, 3.05) is 20.1 Å². The average Bonchev–Trinajstić information content (AvgIpc) is 2.59. The van der Waals surface area contributed by atoms with Gasteiger partial charge in [-0.25, -0.2) is 0 Å². The molecule has 1 aromatic carbocycles. The largest absolute Gasteiger partial charge is 0.446 e. The minimum Gasteiger partial charge on any atom is -0.339 e. The van der Waals surface area contributed by atoms with Crippen molar-refractivity contribution in [1.29, 1.82) is 0 Å². The maximum atomic E-state index is 12.4. The summed E-state index contributed by atoms with van der Waals surface area (Å²) in [5.41, 5.74) is -3.59. The lowest BCUT2D eigenvalue weighted by atomic mass is 10.0. The summed E-state index contributed by atoms with van der Waals surface area (Å²) < 4.78 is 37.0. The summed E-state index contributed by atoms with van der Waals surface area (Å²) in [6.45, 7) is 6.33. The molecule has 26 heavy (non-hydrogen) atoms. The van der Waals surface area contributed by atoms with Crippen LogP contribution in [-0.2, 0) is 4.79 Å². The first-order valence-corrected chi connectivity index (χ1v) is 9.52. The Bertz CT molecular complexity index is 621. The van der Waals surface area contributed by atoms with Crippen molar-refractivity contribution in [2.45, 2.75) is 49.2 Å². The van der Waals surface area contributed by atoms with Gasteiger partial charge in [0.15, 0.2) is 0 Å². The van der Waals surface area contributed by atoms with Gasteiger partial charge in [-0.15, -0.1) is 0 Å². The Balaban J connectivity index is 1.88. The van der Waals surface area contributed by atoms with Crippen LogP contribution in [0.3, 0.4) is 0 Å². The zero-order chi connectivity index (χ0) is 19.3. The third kappa shape index (κ3) is 6.36. The van der Waals surface area contributed by atoms with E-state index >= 15 is 0 Å². The van der Waals surface area contributed by atoms with E-state index in [4.69, 9.17) is 0 Å². The minimum atomic E-state index is -4.29. The topological polar surface area (TPSA) is 23.6 Å². The van der Waals surface area contributed by atoms with Crippen LogP contribution in [0.25, 0.3) is 6.08 Å². The average molecular weight is 386 g/mol. The van der Waals surface area contributed by atoms with Gasteiger partial charge in [0.25, 0.3) is 0 Å². The molecule has 1 aliphatic rings. The number of halogens is 3. The van der Waals surface area contributed by atoms with Crippen LogP contribution in [0.5, 0.6) is 0 Å². The van der Waals surface area contributed by atoms with Crippen molar-refractivity contribution in [2.24, 2.45) is 0 Å². The molecule has 0 aliphatic carbocycles. The van der Waals surface area contributed by atoms with E-state index in [9.17, 15) is 18.0 Å². The number of rotatable bonds is 5. The van der Waals surface area contributed by atoms with Crippen LogP contribution in [0.1, 0.15) is 32.3 Å². The number of thioether (sulfide) groups is 1. The highest BCUT2D eigenvalue weighted by molar-refractivity contribution is 8.00. The number of piperidine rings is 1. The van der Waals surface area contributed by atoms with E-state index < -0.39 is 5.51 Å². The van der Waals surface area contributed by atoms with Crippen molar-refractivity contribution >= 4 is 23.7 Å². The second kappa shape index (κ2) is 8.95. The Morgan fingerprint density at radius 2 is 1.81 bits per heavy atom. The summed E-state index contributed by atoms with van der Waals surface area (Å²) >= 11 is -0.144. The Morgan fingerprint density at radius 1 is 1.23 bits per heavy atom. The summed E-state index contributed by atoms with van der Waals surface area (Å²) in [5.74, 6) is -0.0817. The molecule has 144 valence electrons. The van der Waals surface area contributed by atoms with E-state index in [1.807, 2.05) is 7.05 Å². The Kier molecular flexibility index (Phi) is 7.17. The number of alkyl halides is 3. The summed E-state index contributed by atoms with van der Waals surface area (Å²) in [6.07, 6.45) is 5.04. The van der Waals surface area contributed by atoms with Crippen LogP contribution in [0, 0.1) is 0 Å². The zero-order valence-electron chi connectivity index (χ0n) is 15.3. The first-order chi connectivity index (χ1) is 12.2. The van der Waals surface area contributed by atoms with Gasteiger partial charge in [-0.3, -0.25) is 4.79 Å². The van der Waals surface area contributed by atoms with E-state index in [-0.39, 0.29) is 28.6 Å².